The van der Waals surface area contributed by atoms with Crippen molar-refractivity contribution >= 4 is 0 Å². The van der Waals surface area contributed by atoms with Crippen LogP contribution in [0.25, 0.3) is 0 Å². The molecule has 2 nitrogen and oxygen atoms in total. The van der Waals surface area contributed by atoms with E-state index in [1.54, 1.807) is 0 Å². The van der Waals surface area contributed by atoms with Crippen LogP contribution in [0, 0.1) is 11.8 Å². The van der Waals surface area contributed by atoms with E-state index in [0.29, 0.717) is 12.0 Å². The molecule has 0 amide bonds. The standard InChI is InChI=1S/C15H29NO/c1-12-7-9-15(16,13(2)11-12)8-3-5-14-6-4-10-17-14/h12-14H,3-11,16H2,1-2H3. The van der Waals surface area contributed by atoms with Gasteiger partial charge in [-0.2, -0.15) is 0 Å². The molecule has 4 unspecified atom stereocenters. The van der Waals surface area contributed by atoms with Crippen LogP contribution in [0.1, 0.15) is 65.2 Å². The second-order valence-corrected chi connectivity index (χ2v) is 6.54. The molecule has 0 aromatic carbocycles. The Morgan fingerprint density at radius 2 is 2.12 bits per heavy atom. The Kier molecular flexibility index (Phi) is 4.48. The fraction of sp³-hybridized carbons (Fsp3) is 1.00. The van der Waals surface area contributed by atoms with Gasteiger partial charge in [0, 0.05) is 12.1 Å². The van der Waals surface area contributed by atoms with Crippen LogP contribution in [0.3, 0.4) is 0 Å². The molecule has 1 aliphatic carbocycles. The van der Waals surface area contributed by atoms with Crippen molar-refractivity contribution in [3.63, 3.8) is 0 Å². The van der Waals surface area contributed by atoms with Gasteiger partial charge in [-0.15, -0.1) is 0 Å². The van der Waals surface area contributed by atoms with E-state index in [9.17, 15) is 0 Å². The van der Waals surface area contributed by atoms with Gasteiger partial charge in [0.2, 0.25) is 0 Å². The van der Waals surface area contributed by atoms with Crippen LogP contribution in [-0.4, -0.2) is 18.2 Å². The van der Waals surface area contributed by atoms with Gasteiger partial charge in [-0.25, -0.2) is 0 Å². The van der Waals surface area contributed by atoms with Crippen LogP contribution >= 0.6 is 0 Å². The molecule has 2 N–H and O–H groups in total. The van der Waals surface area contributed by atoms with Crippen LogP contribution in [0.5, 0.6) is 0 Å². The van der Waals surface area contributed by atoms with Crippen LogP contribution in [0.2, 0.25) is 0 Å². The summed E-state index contributed by atoms with van der Waals surface area (Å²) in [6.45, 7) is 5.69. The fourth-order valence-electron chi connectivity index (χ4n) is 3.62. The molecule has 1 heterocycles. The molecule has 1 aliphatic heterocycles. The molecule has 17 heavy (non-hydrogen) atoms. The minimum Gasteiger partial charge on any atom is -0.378 e. The summed E-state index contributed by atoms with van der Waals surface area (Å²) in [7, 11) is 0. The number of ether oxygens (including phenoxy) is 1. The Morgan fingerprint density at radius 1 is 1.29 bits per heavy atom. The molecule has 0 aromatic rings. The Balaban J connectivity index is 1.72. The lowest BCUT2D eigenvalue weighted by molar-refractivity contribution is 0.0934. The normalized spacial score (nSPS) is 42.9. The second-order valence-electron chi connectivity index (χ2n) is 6.54. The quantitative estimate of drug-likeness (QED) is 0.815. The highest BCUT2D eigenvalue weighted by molar-refractivity contribution is 4.93. The van der Waals surface area contributed by atoms with E-state index in [2.05, 4.69) is 13.8 Å². The van der Waals surface area contributed by atoms with Gasteiger partial charge < -0.3 is 10.5 Å². The Labute approximate surface area is 106 Å². The van der Waals surface area contributed by atoms with Gasteiger partial charge in [0.25, 0.3) is 0 Å². The summed E-state index contributed by atoms with van der Waals surface area (Å²) in [4.78, 5) is 0. The maximum atomic E-state index is 6.61. The summed E-state index contributed by atoms with van der Waals surface area (Å²) in [5.74, 6) is 1.57. The lowest BCUT2D eigenvalue weighted by Crippen LogP contribution is -2.49. The van der Waals surface area contributed by atoms with Gasteiger partial charge >= 0.3 is 0 Å². The lowest BCUT2D eigenvalue weighted by Gasteiger charge is -2.42. The van der Waals surface area contributed by atoms with E-state index in [1.807, 2.05) is 0 Å². The van der Waals surface area contributed by atoms with Crippen molar-refractivity contribution in [1.29, 1.82) is 0 Å². The minimum absolute atomic E-state index is 0.116. The van der Waals surface area contributed by atoms with E-state index in [-0.39, 0.29) is 5.54 Å². The van der Waals surface area contributed by atoms with E-state index in [1.165, 1.54) is 51.4 Å². The summed E-state index contributed by atoms with van der Waals surface area (Å²) >= 11 is 0. The Bertz CT molecular complexity index is 237. The predicted molar refractivity (Wildman–Crippen MR) is 71.9 cm³/mol. The lowest BCUT2D eigenvalue weighted by atomic mass is 9.68. The number of hydrogen-bond donors (Lipinski definition) is 1. The average molecular weight is 239 g/mol. The zero-order chi connectivity index (χ0) is 12.3. The van der Waals surface area contributed by atoms with E-state index >= 15 is 0 Å². The smallest absolute Gasteiger partial charge is 0.0576 e. The molecule has 1 saturated carbocycles. The fourth-order valence-corrected chi connectivity index (χ4v) is 3.62. The first-order valence-electron chi connectivity index (χ1n) is 7.50. The molecule has 0 bridgehead atoms. The van der Waals surface area contributed by atoms with E-state index in [4.69, 9.17) is 10.5 Å². The molecular formula is C15H29NO. The number of hydrogen-bond acceptors (Lipinski definition) is 2. The third kappa shape index (κ3) is 3.45. The van der Waals surface area contributed by atoms with Gasteiger partial charge in [-0.3, -0.25) is 0 Å². The van der Waals surface area contributed by atoms with Crippen molar-refractivity contribution in [2.24, 2.45) is 17.6 Å². The monoisotopic (exact) mass is 239 g/mol. The average Bonchev–Trinajstić information content (AvgIpc) is 2.78. The summed E-state index contributed by atoms with van der Waals surface area (Å²) in [6, 6.07) is 0. The molecule has 0 spiro atoms. The zero-order valence-corrected chi connectivity index (χ0v) is 11.6. The highest BCUT2D eigenvalue weighted by Gasteiger charge is 2.36. The van der Waals surface area contributed by atoms with Crippen molar-refractivity contribution in [3.05, 3.63) is 0 Å². The van der Waals surface area contributed by atoms with Crippen LogP contribution in [0.4, 0.5) is 0 Å². The SMILES string of the molecule is CC1CCC(N)(CCCC2CCCO2)C(C)C1. The highest BCUT2D eigenvalue weighted by Crippen LogP contribution is 2.38. The van der Waals surface area contributed by atoms with Crippen LogP contribution in [-0.2, 0) is 4.74 Å². The van der Waals surface area contributed by atoms with Gasteiger partial charge in [-0.05, 0) is 63.2 Å². The minimum atomic E-state index is 0.116. The van der Waals surface area contributed by atoms with Gasteiger partial charge in [0.05, 0.1) is 6.10 Å². The zero-order valence-electron chi connectivity index (χ0n) is 11.6. The summed E-state index contributed by atoms with van der Waals surface area (Å²) < 4.78 is 5.68. The second kappa shape index (κ2) is 5.71. The van der Waals surface area contributed by atoms with Crippen LogP contribution in [0.15, 0.2) is 0 Å². The Hall–Kier alpha value is -0.0800. The van der Waals surface area contributed by atoms with Crippen LogP contribution < -0.4 is 5.73 Å². The molecule has 2 fully saturated rings. The third-order valence-electron chi connectivity index (χ3n) is 5.03. The van der Waals surface area contributed by atoms with Gasteiger partial charge in [0.1, 0.15) is 0 Å². The third-order valence-corrected chi connectivity index (χ3v) is 5.03. The van der Waals surface area contributed by atoms with Crippen molar-refractivity contribution in [3.8, 4) is 0 Å². The van der Waals surface area contributed by atoms with E-state index in [0.717, 1.165) is 12.5 Å². The number of rotatable bonds is 4. The molecule has 2 aliphatic rings. The summed E-state index contributed by atoms with van der Waals surface area (Å²) in [5, 5.41) is 0. The van der Waals surface area contributed by atoms with Crippen molar-refractivity contribution in [2.75, 3.05) is 6.61 Å². The first kappa shape index (κ1) is 13.4. The maximum Gasteiger partial charge on any atom is 0.0576 e. The predicted octanol–water partition coefficient (Wildman–Crippen LogP) is 3.49. The Morgan fingerprint density at radius 3 is 2.76 bits per heavy atom. The molecule has 0 radical (unpaired) electrons. The topological polar surface area (TPSA) is 35.2 Å². The van der Waals surface area contributed by atoms with Crippen molar-refractivity contribution in [1.82, 2.24) is 0 Å². The molecule has 4 atom stereocenters. The van der Waals surface area contributed by atoms with Gasteiger partial charge in [0.15, 0.2) is 0 Å². The maximum absolute atomic E-state index is 6.61. The van der Waals surface area contributed by atoms with Gasteiger partial charge in [-0.1, -0.05) is 13.8 Å². The van der Waals surface area contributed by atoms with Crippen molar-refractivity contribution in [2.45, 2.75) is 76.9 Å². The molecule has 2 rings (SSSR count). The van der Waals surface area contributed by atoms with E-state index < -0.39 is 0 Å². The highest BCUT2D eigenvalue weighted by atomic mass is 16.5. The summed E-state index contributed by atoms with van der Waals surface area (Å²) in [5.41, 5.74) is 6.72. The molecule has 1 saturated heterocycles. The first-order valence-corrected chi connectivity index (χ1v) is 7.50. The molecular weight excluding hydrogens is 210 g/mol. The summed E-state index contributed by atoms with van der Waals surface area (Å²) in [6.07, 6.45) is 10.6. The van der Waals surface area contributed by atoms with Crippen molar-refractivity contribution < 1.29 is 4.74 Å². The largest absolute Gasteiger partial charge is 0.378 e. The first-order chi connectivity index (χ1) is 8.10. The molecule has 100 valence electrons. The number of nitrogens with two attached hydrogens (primary N) is 1. The molecule has 0 aromatic heterocycles. The molecule has 2 heteroatoms.